The molecule has 6 nitrogen and oxygen atoms in total. The Labute approximate surface area is 133 Å². The summed E-state index contributed by atoms with van der Waals surface area (Å²) in [6.45, 7) is 12.7. The van der Waals surface area contributed by atoms with Gasteiger partial charge in [-0.2, -0.15) is 5.10 Å². The maximum Gasteiger partial charge on any atom is 0.334 e. The molecule has 0 spiro atoms. The van der Waals surface area contributed by atoms with Crippen molar-refractivity contribution in [2.75, 3.05) is 32.8 Å². The van der Waals surface area contributed by atoms with Gasteiger partial charge in [0.25, 0.3) is 0 Å². The summed E-state index contributed by atoms with van der Waals surface area (Å²) in [7, 11) is 1.66. The Kier molecular flexibility index (Phi) is 5.66. The molecule has 1 N–H and O–H groups in total. The zero-order chi connectivity index (χ0) is 16.2. The number of nitrogens with zero attached hydrogens (tertiary/aromatic N) is 3. The van der Waals surface area contributed by atoms with Gasteiger partial charge in [-0.1, -0.05) is 0 Å². The summed E-state index contributed by atoms with van der Waals surface area (Å²) in [5, 5.41) is 14.4. The summed E-state index contributed by atoms with van der Waals surface area (Å²) in [4.78, 5) is 2.38. The van der Waals surface area contributed by atoms with Crippen LogP contribution >= 0.6 is 0 Å². The van der Waals surface area contributed by atoms with Gasteiger partial charge in [0.05, 0.1) is 31.0 Å². The van der Waals surface area contributed by atoms with Crippen LogP contribution < -0.4 is 5.46 Å². The van der Waals surface area contributed by atoms with Gasteiger partial charge in [0, 0.05) is 32.0 Å². The molecular formula is C15H27BN3O3. The van der Waals surface area contributed by atoms with Crippen LogP contribution in [-0.4, -0.2) is 71.3 Å². The third kappa shape index (κ3) is 4.81. The molecule has 1 saturated heterocycles. The van der Waals surface area contributed by atoms with E-state index in [-0.39, 0.29) is 0 Å². The summed E-state index contributed by atoms with van der Waals surface area (Å²) >= 11 is 0. The van der Waals surface area contributed by atoms with Gasteiger partial charge in [-0.25, -0.2) is 0 Å². The van der Waals surface area contributed by atoms with Gasteiger partial charge in [-0.05, 0) is 33.2 Å². The highest BCUT2D eigenvalue weighted by Crippen LogP contribution is 2.24. The summed E-state index contributed by atoms with van der Waals surface area (Å²) in [6, 6.07) is 0. The quantitative estimate of drug-likeness (QED) is 0.720. The number of rotatable bonds is 7. The first-order valence-electron chi connectivity index (χ1n) is 7.84. The van der Waals surface area contributed by atoms with Crippen LogP contribution in [0.25, 0.3) is 0 Å². The third-order valence-corrected chi connectivity index (χ3v) is 4.37. The minimum Gasteiger partial charge on any atom is -0.427 e. The zero-order valence-electron chi connectivity index (χ0n) is 14.1. The fourth-order valence-corrected chi connectivity index (χ4v) is 1.99. The Morgan fingerprint density at radius 2 is 1.95 bits per heavy atom. The van der Waals surface area contributed by atoms with E-state index in [1.165, 1.54) is 0 Å². The fraction of sp³-hybridized carbons (Fsp3) is 0.800. The molecule has 0 saturated carbocycles. The molecule has 0 bridgehead atoms. The standard InChI is InChI=1S/C15H27BN3O3/c1-14(2,20)15(3,4)22-16-13-11-17-19(12-13)6-5-18-7-9-21-10-8-18/h11-12,20H,5-10H2,1-4H3. The van der Waals surface area contributed by atoms with Crippen LogP contribution in [0.5, 0.6) is 0 Å². The number of ether oxygens (including phenoxy) is 1. The average molecular weight is 308 g/mol. The van der Waals surface area contributed by atoms with E-state index in [0.29, 0.717) is 0 Å². The lowest BCUT2D eigenvalue weighted by Gasteiger charge is -2.37. The predicted molar refractivity (Wildman–Crippen MR) is 86.3 cm³/mol. The number of hydrogen-bond donors (Lipinski definition) is 1. The number of hydrogen-bond acceptors (Lipinski definition) is 5. The van der Waals surface area contributed by atoms with Crippen LogP contribution in [0, 0.1) is 0 Å². The summed E-state index contributed by atoms with van der Waals surface area (Å²) in [6.07, 6.45) is 3.74. The van der Waals surface area contributed by atoms with Crippen LogP contribution in [0.15, 0.2) is 12.4 Å². The van der Waals surface area contributed by atoms with Crippen molar-refractivity contribution in [1.29, 1.82) is 0 Å². The second kappa shape index (κ2) is 7.13. The lowest BCUT2D eigenvalue weighted by atomic mass is 9.84. The Morgan fingerprint density at radius 3 is 2.59 bits per heavy atom. The predicted octanol–water partition coefficient (Wildman–Crippen LogP) is 0.0259. The van der Waals surface area contributed by atoms with Gasteiger partial charge in [0.2, 0.25) is 0 Å². The monoisotopic (exact) mass is 308 g/mol. The van der Waals surface area contributed by atoms with E-state index in [0.717, 1.165) is 44.9 Å². The maximum absolute atomic E-state index is 10.1. The smallest absolute Gasteiger partial charge is 0.334 e. The highest BCUT2D eigenvalue weighted by molar-refractivity contribution is 6.46. The first-order valence-corrected chi connectivity index (χ1v) is 7.84. The molecule has 2 rings (SSSR count). The van der Waals surface area contributed by atoms with Crippen LogP contribution in [0.2, 0.25) is 0 Å². The molecule has 1 radical (unpaired) electrons. The first-order chi connectivity index (χ1) is 10.3. The minimum absolute atomic E-state index is 0.664. The van der Waals surface area contributed by atoms with Crippen molar-refractivity contribution < 1.29 is 14.5 Å². The number of aromatic nitrogens is 2. The van der Waals surface area contributed by atoms with E-state index >= 15 is 0 Å². The van der Waals surface area contributed by atoms with Crippen LogP contribution in [0.3, 0.4) is 0 Å². The van der Waals surface area contributed by atoms with E-state index in [1.807, 2.05) is 24.7 Å². The average Bonchev–Trinajstić information content (AvgIpc) is 2.91. The molecule has 1 fully saturated rings. The van der Waals surface area contributed by atoms with Crippen molar-refractivity contribution in [3.8, 4) is 0 Å². The van der Waals surface area contributed by atoms with Gasteiger partial charge in [-0.15, -0.1) is 0 Å². The van der Waals surface area contributed by atoms with Gasteiger partial charge in [0.1, 0.15) is 0 Å². The third-order valence-electron chi connectivity index (χ3n) is 4.37. The molecule has 1 aromatic heterocycles. The normalized spacial score (nSPS) is 17.7. The Morgan fingerprint density at radius 1 is 1.27 bits per heavy atom. The molecule has 1 aliphatic heterocycles. The Balaban J connectivity index is 1.79. The second-order valence-electron chi connectivity index (χ2n) is 6.80. The summed E-state index contributed by atoms with van der Waals surface area (Å²) in [5.74, 6) is 0. The van der Waals surface area contributed by atoms with E-state index in [4.69, 9.17) is 9.39 Å². The molecule has 7 heteroatoms. The molecular weight excluding hydrogens is 281 g/mol. The van der Waals surface area contributed by atoms with Crippen molar-refractivity contribution in [2.45, 2.75) is 45.4 Å². The van der Waals surface area contributed by atoms with Crippen molar-refractivity contribution in [2.24, 2.45) is 0 Å². The lowest BCUT2D eigenvalue weighted by molar-refractivity contribution is -0.0893. The fourth-order valence-electron chi connectivity index (χ4n) is 1.99. The van der Waals surface area contributed by atoms with Gasteiger partial charge >= 0.3 is 7.48 Å². The van der Waals surface area contributed by atoms with Crippen molar-refractivity contribution in [3.63, 3.8) is 0 Å². The molecule has 0 unspecified atom stereocenters. The topological polar surface area (TPSA) is 59.8 Å². The zero-order valence-corrected chi connectivity index (χ0v) is 14.1. The van der Waals surface area contributed by atoms with Crippen molar-refractivity contribution >= 4 is 12.9 Å². The molecule has 0 atom stereocenters. The van der Waals surface area contributed by atoms with E-state index < -0.39 is 11.2 Å². The van der Waals surface area contributed by atoms with Gasteiger partial charge in [-0.3, -0.25) is 9.58 Å². The van der Waals surface area contributed by atoms with Crippen LogP contribution in [0.4, 0.5) is 0 Å². The second-order valence-corrected chi connectivity index (χ2v) is 6.80. The molecule has 0 aliphatic carbocycles. The summed E-state index contributed by atoms with van der Waals surface area (Å²) < 4.78 is 13.0. The highest BCUT2D eigenvalue weighted by Gasteiger charge is 2.35. The van der Waals surface area contributed by atoms with Crippen LogP contribution in [-0.2, 0) is 15.9 Å². The number of morpholine rings is 1. The van der Waals surface area contributed by atoms with E-state index in [9.17, 15) is 5.11 Å². The van der Waals surface area contributed by atoms with Gasteiger partial charge < -0.3 is 14.5 Å². The maximum atomic E-state index is 10.1. The molecule has 2 heterocycles. The van der Waals surface area contributed by atoms with Gasteiger partial charge in [0.15, 0.2) is 0 Å². The SMILES string of the molecule is CC(C)(O)C(C)(C)O[B]c1cnn(CCN2CCOCC2)c1. The van der Waals surface area contributed by atoms with Crippen molar-refractivity contribution in [1.82, 2.24) is 14.7 Å². The molecule has 1 aromatic rings. The lowest BCUT2D eigenvalue weighted by Crippen LogP contribution is -2.49. The highest BCUT2D eigenvalue weighted by atomic mass is 16.5. The molecule has 123 valence electrons. The molecule has 0 aromatic carbocycles. The Bertz CT molecular complexity index is 465. The Hall–Kier alpha value is -0.885. The number of aliphatic hydroxyl groups is 1. The first kappa shape index (κ1) is 17.5. The summed E-state index contributed by atoms with van der Waals surface area (Å²) in [5.41, 5.74) is -0.682. The van der Waals surface area contributed by atoms with Crippen LogP contribution in [0.1, 0.15) is 27.7 Å². The minimum atomic E-state index is -0.921. The van der Waals surface area contributed by atoms with Crippen molar-refractivity contribution in [3.05, 3.63) is 12.4 Å². The van der Waals surface area contributed by atoms with E-state index in [2.05, 4.69) is 10.00 Å². The largest absolute Gasteiger partial charge is 0.427 e. The molecule has 1 aliphatic rings. The molecule has 0 amide bonds. The van der Waals surface area contributed by atoms with E-state index in [1.54, 1.807) is 27.5 Å². The molecule has 22 heavy (non-hydrogen) atoms.